The van der Waals surface area contributed by atoms with Crippen LogP contribution in [0.3, 0.4) is 0 Å². The largest absolute Gasteiger partial charge is 0.325 e. The van der Waals surface area contributed by atoms with Gasteiger partial charge in [0.15, 0.2) is 0 Å². The summed E-state index contributed by atoms with van der Waals surface area (Å²) >= 11 is 0. The molecular formula is C13H26N4O2S. The third kappa shape index (κ3) is 4.57. The van der Waals surface area contributed by atoms with Gasteiger partial charge in [-0.1, -0.05) is 32.6 Å². The fraction of sp³-hybridized carbons (Fsp3) is 0.769. The number of hydrogen-bond acceptors (Lipinski definition) is 4. The number of aromatic nitrogens is 2. The molecule has 6 nitrogen and oxygen atoms in total. The van der Waals surface area contributed by atoms with Gasteiger partial charge in [0.2, 0.25) is 10.0 Å². The van der Waals surface area contributed by atoms with Crippen LogP contribution in [-0.2, 0) is 16.6 Å². The topological polar surface area (TPSA) is 101 Å². The molecule has 0 aliphatic heterocycles. The fourth-order valence-corrected chi connectivity index (χ4v) is 3.88. The van der Waals surface area contributed by atoms with Crippen LogP contribution in [0.25, 0.3) is 0 Å². The number of unbranched alkanes of at least 4 members (excludes halogenated alkanes) is 3. The van der Waals surface area contributed by atoms with Crippen LogP contribution in [0, 0.1) is 6.92 Å². The lowest BCUT2D eigenvalue weighted by Crippen LogP contribution is -2.33. The highest BCUT2D eigenvalue weighted by Gasteiger charge is 2.24. The number of sulfonamides is 1. The van der Waals surface area contributed by atoms with Gasteiger partial charge in [-0.2, -0.15) is 5.10 Å². The Labute approximate surface area is 121 Å². The number of nitrogens with zero attached hydrogens (tertiary/aromatic N) is 1. The summed E-state index contributed by atoms with van der Waals surface area (Å²) in [7, 11) is -3.56. The van der Waals surface area contributed by atoms with E-state index in [1.54, 1.807) is 6.92 Å². The molecule has 0 radical (unpaired) electrons. The Morgan fingerprint density at radius 2 is 2.05 bits per heavy atom. The number of aromatic amines is 1. The average molecular weight is 302 g/mol. The van der Waals surface area contributed by atoms with Crippen molar-refractivity contribution >= 4 is 10.0 Å². The van der Waals surface area contributed by atoms with E-state index < -0.39 is 10.0 Å². The first-order valence-electron chi connectivity index (χ1n) is 7.18. The molecular weight excluding hydrogens is 276 g/mol. The molecule has 0 saturated carbocycles. The molecule has 0 aliphatic carbocycles. The van der Waals surface area contributed by atoms with Gasteiger partial charge in [0.05, 0.1) is 11.4 Å². The van der Waals surface area contributed by atoms with Crippen LogP contribution in [0.15, 0.2) is 4.90 Å². The lowest BCUT2D eigenvalue weighted by molar-refractivity contribution is 0.521. The maximum Gasteiger partial charge on any atom is 0.244 e. The monoisotopic (exact) mass is 302 g/mol. The molecule has 1 rings (SSSR count). The number of hydrogen-bond donors (Lipinski definition) is 3. The summed E-state index contributed by atoms with van der Waals surface area (Å²) in [5.74, 6) is 0. The molecule has 1 heterocycles. The van der Waals surface area contributed by atoms with E-state index in [-0.39, 0.29) is 17.5 Å². The minimum absolute atomic E-state index is 0.0863. The molecule has 7 heteroatoms. The molecule has 0 fully saturated rings. The number of rotatable bonds is 9. The van der Waals surface area contributed by atoms with Crippen molar-refractivity contribution < 1.29 is 8.42 Å². The SMILES string of the molecule is CCCCCCC(C)NS(=O)(=O)c1c(CN)n[nH]c1C. The van der Waals surface area contributed by atoms with Crippen molar-refractivity contribution in [3.8, 4) is 0 Å². The van der Waals surface area contributed by atoms with Crippen molar-refractivity contribution in [1.82, 2.24) is 14.9 Å². The zero-order valence-electron chi connectivity index (χ0n) is 12.6. The van der Waals surface area contributed by atoms with Gasteiger partial charge in [-0.05, 0) is 20.3 Å². The third-order valence-electron chi connectivity index (χ3n) is 3.27. The van der Waals surface area contributed by atoms with Gasteiger partial charge < -0.3 is 5.73 Å². The molecule has 1 unspecified atom stereocenters. The van der Waals surface area contributed by atoms with Gasteiger partial charge >= 0.3 is 0 Å². The normalized spacial score (nSPS) is 13.6. The summed E-state index contributed by atoms with van der Waals surface area (Å²) in [6, 6.07) is -0.0863. The van der Waals surface area contributed by atoms with Gasteiger partial charge in [0.25, 0.3) is 0 Å². The van der Waals surface area contributed by atoms with Crippen LogP contribution >= 0.6 is 0 Å². The second-order valence-electron chi connectivity index (χ2n) is 5.20. The fourth-order valence-electron chi connectivity index (χ4n) is 2.22. The van der Waals surface area contributed by atoms with Crippen LogP contribution in [0.1, 0.15) is 57.3 Å². The van der Waals surface area contributed by atoms with Crippen molar-refractivity contribution in [3.05, 3.63) is 11.4 Å². The Hall–Kier alpha value is -0.920. The molecule has 1 aromatic rings. The Kier molecular flexibility index (Phi) is 6.64. The van der Waals surface area contributed by atoms with Gasteiger partial charge in [-0.25, -0.2) is 13.1 Å². The molecule has 116 valence electrons. The van der Waals surface area contributed by atoms with E-state index >= 15 is 0 Å². The summed E-state index contributed by atoms with van der Waals surface area (Å²) in [5.41, 5.74) is 6.44. The van der Waals surface area contributed by atoms with E-state index in [9.17, 15) is 8.42 Å². The number of H-pyrrole nitrogens is 1. The zero-order valence-corrected chi connectivity index (χ0v) is 13.4. The molecule has 0 aromatic carbocycles. The second-order valence-corrected chi connectivity index (χ2v) is 6.85. The molecule has 0 saturated heterocycles. The van der Waals surface area contributed by atoms with E-state index in [1.807, 2.05) is 6.92 Å². The highest BCUT2D eigenvalue weighted by molar-refractivity contribution is 7.89. The van der Waals surface area contributed by atoms with Crippen molar-refractivity contribution in [1.29, 1.82) is 0 Å². The van der Waals surface area contributed by atoms with Gasteiger partial charge in [0.1, 0.15) is 4.90 Å². The third-order valence-corrected chi connectivity index (χ3v) is 5.06. The number of nitrogens with one attached hydrogen (secondary N) is 2. The summed E-state index contributed by atoms with van der Waals surface area (Å²) < 4.78 is 27.4. The standard InChI is InChI=1S/C13H26N4O2S/c1-4-5-6-7-8-10(2)17-20(18,19)13-11(3)15-16-12(13)9-14/h10,17H,4-9,14H2,1-3H3,(H,15,16). The van der Waals surface area contributed by atoms with Crippen LogP contribution in [0.4, 0.5) is 0 Å². The Morgan fingerprint density at radius 3 is 2.65 bits per heavy atom. The van der Waals surface area contributed by atoms with Crippen molar-refractivity contribution in [3.63, 3.8) is 0 Å². The highest BCUT2D eigenvalue weighted by Crippen LogP contribution is 2.18. The van der Waals surface area contributed by atoms with Crippen molar-refractivity contribution in [2.45, 2.75) is 70.4 Å². The molecule has 0 bridgehead atoms. The quantitative estimate of drug-likeness (QED) is 0.606. The molecule has 1 atom stereocenters. The van der Waals surface area contributed by atoms with Gasteiger partial charge in [-0.15, -0.1) is 0 Å². The van der Waals surface area contributed by atoms with Crippen LogP contribution < -0.4 is 10.5 Å². The minimum Gasteiger partial charge on any atom is -0.325 e. The van der Waals surface area contributed by atoms with E-state index in [0.29, 0.717) is 11.4 Å². The first-order chi connectivity index (χ1) is 9.42. The molecule has 4 N–H and O–H groups in total. The lowest BCUT2D eigenvalue weighted by atomic mass is 10.1. The van der Waals surface area contributed by atoms with Crippen molar-refractivity contribution in [2.75, 3.05) is 0 Å². The molecule has 0 spiro atoms. The Bertz CT molecular complexity index is 510. The summed E-state index contributed by atoms with van der Waals surface area (Å²) in [4.78, 5) is 0.195. The molecule has 0 amide bonds. The highest BCUT2D eigenvalue weighted by atomic mass is 32.2. The molecule has 1 aromatic heterocycles. The molecule has 20 heavy (non-hydrogen) atoms. The average Bonchev–Trinajstić information content (AvgIpc) is 2.76. The number of nitrogens with two attached hydrogens (primary N) is 1. The van der Waals surface area contributed by atoms with Crippen LogP contribution in [0.5, 0.6) is 0 Å². The van der Waals surface area contributed by atoms with Crippen LogP contribution in [-0.4, -0.2) is 24.7 Å². The summed E-state index contributed by atoms with van der Waals surface area (Å²) in [6.07, 6.45) is 5.38. The maximum absolute atomic E-state index is 12.4. The smallest absolute Gasteiger partial charge is 0.244 e. The van der Waals surface area contributed by atoms with E-state index in [2.05, 4.69) is 21.8 Å². The lowest BCUT2D eigenvalue weighted by Gasteiger charge is -2.14. The number of aryl methyl sites for hydroxylation is 1. The van der Waals surface area contributed by atoms with Crippen LogP contribution in [0.2, 0.25) is 0 Å². The van der Waals surface area contributed by atoms with Gasteiger partial charge in [-0.3, -0.25) is 5.10 Å². The first kappa shape index (κ1) is 17.1. The van der Waals surface area contributed by atoms with E-state index in [1.165, 1.54) is 12.8 Å². The summed E-state index contributed by atoms with van der Waals surface area (Å²) in [5, 5.41) is 6.60. The van der Waals surface area contributed by atoms with E-state index in [4.69, 9.17) is 5.73 Å². The predicted molar refractivity (Wildman–Crippen MR) is 79.8 cm³/mol. The molecule has 0 aliphatic rings. The zero-order chi connectivity index (χ0) is 15.2. The van der Waals surface area contributed by atoms with E-state index in [0.717, 1.165) is 19.3 Å². The van der Waals surface area contributed by atoms with Crippen molar-refractivity contribution in [2.24, 2.45) is 5.73 Å². The first-order valence-corrected chi connectivity index (χ1v) is 8.67. The predicted octanol–water partition coefficient (Wildman–Crippen LogP) is 1.81. The maximum atomic E-state index is 12.4. The van der Waals surface area contributed by atoms with Gasteiger partial charge in [0, 0.05) is 12.6 Å². The Morgan fingerprint density at radius 1 is 1.35 bits per heavy atom. The summed E-state index contributed by atoms with van der Waals surface area (Å²) in [6.45, 7) is 5.83. The second kappa shape index (κ2) is 7.75. The minimum atomic E-state index is -3.56. The Balaban J connectivity index is 2.67.